The Bertz CT molecular complexity index is 1040. The standard InChI is InChI=1S/C24H26N4O3S/c1-18-7-5-6-10-20(18)28(17-22(30)25-14-13-19-8-3-2-4-9-19)23(31)12-11-21(29)27-24-26-15-16-32-24/h2-10,15-16H,11-14,17H2,1H3,(H,25,30)(H,26,27,29). The molecule has 0 saturated carbocycles. The number of aromatic nitrogens is 1. The average molecular weight is 451 g/mol. The van der Waals surface area contributed by atoms with Gasteiger partial charge in [0.2, 0.25) is 17.7 Å². The molecule has 0 aliphatic heterocycles. The monoisotopic (exact) mass is 450 g/mol. The summed E-state index contributed by atoms with van der Waals surface area (Å²) in [6.07, 6.45) is 2.31. The second-order valence-corrected chi connectivity index (χ2v) is 8.13. The van der Waals surface area contributed by atoms with Crippen molar-refractivity contribution in [1.82, 2.24) is 10.3 Å². The predicted molar refractivity (Wildman–Crippen MR) is 127 cm³/mol. The number of carbonyl (C=O) groups excluding carboxylic acids is 3. The molecule has 32 heavy (non-hydrogen) atoms. The molecule has 2 aromatic carbocycles. The van der Waals surface area contributed by atoms with Crippen molar-refractivity contribution >= 4 is 39.9 Å². The number of rotatable bonds is 10. The van der Waals surface area contributed by atoms with Gasteiger partial charge in [0.1, 0.15) is 6.54 Å². The second-order valence-electron chi connectivity index (χ2n) is 7.24. The van der Waals surface area contributed by atoms with Crippen LogP contribution in [0.3, 0.4) is 0 Å². The van der Waals surface area contributed by atoms with Crippen molar-refractivity contribution < 1.29 is 14.4 Å². The van der Waals surface area contributed by atoms with Crippen molar-refractivity contribution in [3.63, 3.8) is 0 Å². The molecule has 2 N–H and O–H groups in total. The van der Waals surface area contributed by atoms with Gasteiger partial charge in [0.25, 0.3) is 0 Å². The molecule has 166 valence electrons. The Morgan fingerprint density at radius 3 is 2.44 bits per heavy atom. The van der Waals surface area contributed by atoms with Gasteiger partial charge in [0, 0.05) is 36.7 Å². The molecule has 0 fully saturated rings. The molecule has 7 nitrogen and oxygen atoms in total. The van der Waals surface area contributed by atoms with Crippen LogP contribution in [0.1, 0.15) is 24.0 Å². The van der Waals surface area contributed by atoms with E-state index in [1.165, 1.54) is 16.2 Å². The third kappa shape index (κ3) is 7.02. The van der Waals surface area contributed by atoms with Crippen molar-refractivity contribution in [3.8, 4) is 0 Å². The molecule has 8 heteroatoms. The zero-order valence-electron chi connectivity index (χ0n) is 17.9. The Kier molecular flexibility index (Phi) is 8.51. The summed E-state index contributed by atoms with van der Waals surface area (Å²) < 4.78 is 0. The summed E-state index contributed by atoms with van der Waals surface area (Å²) in [7, 11) is 0. The van der Waals surface area contributed by atoms with Crippen molar-refractivity contribution in [2.45, 2.75) is 26.2 Å². The molecule has 1 heterocycles. The van der Waals surface area contributed by atoms with E-state index in [0.29, 0.717) is 23.8 Å². The fraction of sp³-hybridized carbons (Fsp3) is 0.250. The van der Waals surface area contributed by atoms with Crippen LogP contribution < -0.4 is 15.5 Å². The van der Waals surface area contributed by atoms with E-state index in [0.717, 1.165) is 11.1 Å². The molecule has 0 atom stereocenters. The number of nitrogens with one attached hydrogen (secondary N) is 2. The molecule has 0 radical (unpaired) electrons. The van der Waals surface area contributed by atoms with Crippen LogP contribution in [0.15, 0.2) is 66.2 Å². The molecular formula is C24H26N4O3S. The summed E-state index contributed by atoms with van der Waals surface area (Å²) in [6, 6.07) is 17.3. The Balaban J connectivity index is 1.58. The normalized spacial score (nSPS) is 10.4. The van der Waals surface area contributed by atoms with Crippen LogP contribution in [0.2, 0.25) is 0 Å². The highest BCUT2D eigenvalue weighted by molar-refractivity contribution is 7.13. The van der Waals surface area contributed by atoms with Crippen molar-refractivity contribution in [3.05, 3.63) is 77.3 Å². The Morgan fingerprint density at radius 1 is 0.969 bits per heavy atom. The van der Waals surface area contributed by atoms with E-state index in [1.807, 2.05) is 55.5 Å². The summed E-state index contributed by atoms with van der Waals surface area (Å²) in [5, 5.41) is 7.81. The quantitative estimate of drug-likeness (QED) is 0.494. The number of thiazole rings is 1. The topological polar surface area (TPSA) is 91.4 Å². The summed E-state index contributed by atoms with van der Waals surface area (Å²) >= 11 is 1.31. The van der Waals surface area contributed by atoms with E-state index in [2.05, 4.69) is 15.6 Å². The third-order valence-corrected chi connectivity index (χ3v) is 5.52. The number of aryl methyl sites for hydroxylation is 1. The van der Waals surface area contributed by atoms with Gasteiger partial charge in [-0.1, -0.05) is 48.5 Å². The zero-order chi connectivity index (χ0) is 22.8. The van der Waals surface area contributed by atoms with E-state index in [9.17, 15) is 14.4 Å². The molecule has 0 aliphatic carbocycles. The van der Waals surface area contributed by atoms with E-state index >= 15 is 0 Å². The Labute approximate surface area is 191 Å². The largest absolute Gasteiger partial charge is 0.354 e. The second kappa shape index (κ2) is 11.8. The SMILES string of the molecule is Cc1ccccc1N(CC(=O)NCCc1ccccc1)C(=O)CCC(=O)Nc1nccs1. The fourth-order valence-corrected chi connectivity index (χ4v) is 3.73. The summed E-state index contributed by atoms with van der Waals surface area (Å²) in [5.74, 6) is -0.818. The summed E-state index contributed by atoms with van der Waals surface area (Å²) in [4.78, 5) is 43.2. The average Bonchev–Trinajstić information content (AvgIpc) is 3.30. The number of nitrogens with zero attached hydrogens (tertiary/aromatic N) is 2. The number of hydrogen-bond acceptors (Lipinski definition) is 5. The molecule has 0 aliphatic rings. The number of para-hydroxylation sites is 1. The molecule has 0 spiro atoms. The molecule has 3 amide bonds. The molecule has 3 aromatic rings. The number of hydrogen-bond donors (Lipinski definition) is 2. The first-order chi connectivity index (χ1) is 15.5. The number of carbonyl (C=O) groups is 3. The van der Waals surface area contributed by atoms with Gasteiger partial charge in [-0.15, -0.1) is 11.3 Å². The first-order valence-electron chi connectivity index (χ1n) is 10.4. The van der Waals surface area contributed by atoms with Crippen LogP contribution in [0.4, 0.5) is 10.8 Å². The zero-order valence-corrected chi connectivity index (χ0v) is 18.7. The van der Waals surface area contributed by atoms with Crippen LogP contribution in [-0.2, 0) is 20.8 Å². The minimum atomic E-state index is -0.287. The minimum absolute atomic E-state index is 0.0103. The molecular weight excluding hydrogens is 424 g/mol. The molecule has 3 rings (SSSR count). The van der Waals surface area contributed by atoms with Gasteiger partial charge >= 0.3 is 0 Å². The van der Waals surface area contributed by atoms with Crippen LogP contribution in [-0.4, -0.2) is 35.8 Å². The number of anilines is 2. The van der Waals surface area contributed by atoms with Gasteiger partial charge in [-0.25, -0.2) is 4.98 Å². The lowest BCUT2D eigenvalue weighted by Gasteiger charge is -2.24. The van der Waals surface area contributed by atoms with Crippen molar-refractivity contribution in [2.24, 2.45) is 0 Å². The lowest BCUT2D eigenvalue weighted by atomic mass is 10.1. The van der Waals surface area contributed by atoms with Gasteiger partial charge in [0.05, 0.1) is 0 Å². The van der Waals surface area contributed by atoms with Gasteiger partial charge in [-0.05, 0) is 30.5 Å². The minimum Gasteiger partial charge on any atom is -0.354 e. The summed E-state index contributed by atoms with van der Waals surface area (Å²) in [6.45, 7) is 2.26. The molecule has 0 bridgehead atoms. The number of amides is 3. The number of benzene rings is 2. The fourth-order valence-electron chi connectivity index (χ4n) is 3.19. The van der Waals surface area contributed by atoms with Crippen LogP contribution >= 0.6 is 11.3 Å². The highest BCUT2D eigenvalue weighted by Gasteiger charge is 2.21. The van der Waals surface area contributed by atoms with Crippen LogP contribution in [0.5, 0.6) is 0 Å². The third-order valence-electron chi connectivity index (χ3n) is 4.83. The smallest absolute Gasteiger partial charge is 0.240 e. The van der Waals surface area contributed by atoms with Gasteiger partial charge in [-0.2, -0.15) is 0 Å². The van der Waals surface area contributed by atoms with E-state index in [4.69, 9.17) is 0 Å². The van der Waals surface area contributed by atoms with E-state index in [-0.39, 0.29) is 37.1 Å². The Morgan fingerprint density at radius 2 is 1.72 bits per heavy atom. The van der Waals surface area contributed by atoms with E-state index < -0.39 is 0 Å². The maximum atomic E-state index is 13.0. The molecule has 0 saturated heterocycles. The lowest BCUT2D eigenvalue weighted by Crippen LogP contribution is -2.42. The molecule has 0 unspecified atom stereocenters. The highest BCUT2D eigenvalue weighted by Crippen LogP contribution is 2.21. The van der Waals surface area contributed by atoms with Crippen LogP contribution in [0.25, 0.3) is 0 Å². The van der Waals surface area contributed by atoms with Gasteiger partial charge < -0.3 is 15.5 Å². The van der Waals surface area contributed by atoms with Gasteiger partial charge in [-0.3, -0.25) is 14.4 Å². The lowest BCUT2D eigenvalue weighted by molar-refractivity contribution is -0.125. The predicted octanol–water partition coefficient (Wildman–Crippen LogP) is 3.56. The van der Waals surface area contributed by atoms with Crippen molar-refractivity contribution in [2.75, 3.05) is 23.3 Å². The summed E-state index contributed by atoms with van der Waals surface area (Å²) in [5.41, 5.74) is 2.67. The maximum absolute atomic E-state index is 13.0. The Hall–Kier alpha value is -3.52. The molecule has 1 aromatic heterocycles. The highest BCUT2D eigenvalue weighted by atomic mass is 32.1. The van der Waals surface area contributed by atoms with E-state index in [1.54, 1.807) is 17.6 Å². The van der Waals surface area contributed by atoms with Crippen LogP contribution in [0, 0.1) is 6.92 Å². The first kappa shape index (κ1) is 23.1. The first-order valence-corrected chi connectivity index (χ1v) is 11.3. The maximum Gasteiger partial charge on any atom is 0.240 e. The van der Waals surface area contributed by atoms with Crippen molar-refractivity contribution in [1.29, 1.82) is 0 Å². The van der Waals surface area contributed by atoms with Gasteiger partial charge in [0.15, 0.2) is 5.13 Å².